The van der Waals surface area contributed by atoms with Crippen molar-refractivity contribution in [2.75, 3.05) is 26.8 Å². The number of carbonyl (C=O) groups is 2. The number of hydrogen-bond acceptors (Lipinski definition) is 7. The molecular weight excluding hydrogens is 627 g/mol. The van der Waals surface area contributed by atoms with Crippen molar-refractivity contribution in [1.82, 2.24) is 9.80 Å². The lowest BCUT2D eigenvalue weighted by atomic mass is 9.58. The molecule has 3 heterocycles. The van der Waals surface area contributed by atoms with Crippen molar-refractivity contribution >= 4 is 35.8 Å². The number of hydrogen-bond donors (Lipinski definition) is 2. The summed E-state index contributed by atoms with van der Waals surface area (Å²) in [4.78, 5) is 32.4. The molecule has 7 rings (SSSR count). The molecule has 0 aromatic heterocycles. The Morgan fingerprint density at radius 2 is 1.70 bits per heavy atom. The molecule has 3 aromatic rings. The fraction of sp³-hybridized carbons (Fsp3) is 0.463. The van der Waals surface area contributed by atoms with Gasteiger partial charge < -0.3 is 19.5 Å². The predicted molar refractivity (Wildman–Crippen MR) is 196 cm³/mol. The first-order valence-electron chi connectivity index (χ1n) is 18.4. The number of likely N-dealkylation sites (tertiary alicyclic amines) is 2. The predicted octanol–water partition coefficient (Wildman–Crippen LogP) is 6.62. The second kappa shape index (κ2) is 15.2. The molecule has 0 radical (unpaired) electrons. The molecule has 50 heavy (non-hydrogen) atoms. The zero-order valence-corrected chi connectivity index (χ0v) is 29.3. The highest BCUT2D eigenvalue weighted by Gasteiger charge is 2.58. The molecule has 4 atom stereocenters. The number of rotatable bonds is 11. The van der Waals surface area contributed by atoms with Gasteiger partial charge in [0.15, 0.2) is 0 Å². The first-order valence-corrected chi connectivity index (χ1v) is 18.4. The maximum absolute atomic E-state index is 14.3. The van der Waals surface area contributed by atoms with Gasteiger partial charge in [-0.05, 0) is 84.5 Å². The number of amides is 2. The quantitative estimate of drug-likeness (QED) is 0.134. The second-order valence-electron chi connectivity index (χ2n) is 14.6. The van der Waals surface area contributed by atoms with Gasteiger partial charge in [0.1, 0.15) is 5.75 Å². The van der Waals surface area contributed by atoms with Gasteiger partial charge in [-0.2, -0.15) is 0 Å². The van der Waals surface area contributed by atoms with Crippen molar-refractivity contribution in [3.8, 4) is 5.75 Å². The van der Waals surface area contributed by atoms with Gasteiger partial charge in [0.25, 0.3) is 0 Å². The largest absolute Gasteiger partial charge is 0.507 e. The molecule has 9 heteroatoms. The summed E-state index contributed by atoms with van der Waals surface area (Å²) in [5, 5.41) is 23.4. The molecule has 3 aliphatic heterocycles. The van der Waals surface area contributed by atoms with E-state index in [4.69, 9.17) is 9.39 Å². The van der Waals surface area contributed by atoms with Crippen LogP contribution >= 0.6 is 0 Å². The molecule has 3 fully saturated rings. The summed E-state index contributed by atoms with van der Waals surface area (Å²) in [6, 6.07) is 21.9. The maximum Gasteiger partial charge on any atom is 0.455 e. The van der Waals surface area contributed by atoms with E-state index < -0.39 is 19.0 Å². The smallest absolute Gasteiger partial charge is 0.455 e. The molecule has 0 saturated carbocycles. The van der Waals surface area contributed by atoms with Gasteiger partial charge in [0.2, 0.25) is 11.8 Å². The Kier molecular flexibility index (Phi) is 10.6. The molecule has 1 aliphatic carbocycles. The first-order chi connectivity index (χ1) is 24.4. The average molecular weight is 677 g/mol. The van der Waals surface area contributed by atoms with Gasteiger partial charge >= 0.3 is 7.12 Å². The number of fused-ring (bicyclic) bond motifs is 4. The number of aromatic hydroxyl groups is 1. The number of phenols is 1. The Bertz CT molecular complexity index is 1770. The minimum absolute atomic E-state index is 0.0546. The molecule has 2 amide bonds. The monoisotopic (exact) mass is 676 g/mol. The van der Waals surface area contributed by atoms with Crippen LogP contribution in [0.15, 0.2) is 83.4 Å². The molecule has 0 spiro atoms. The highest BCUT2D eigenvalue weighted by molar-refractivity contribution is 6.43. The number of methoxy groups -OCH3 is 1. The van der Waals surface area contributed by atoms with E-state index in [1.54, 1.807) is 18.1 Å². The van der Waals surface area contributed by atoms with Gasteiger partial charge in [-0.25, -0.2) is 0 Å². The Labute approximate surface area is 295 Å². The molecule has 8 nitrogen and oxygen atoms in total. The number of phenolic OH excluding ortho intramolecular Hbond substituents is 1. The topological polar surface area (TPSA) is 99.5 Å². The SMILES string of the molecule is CCC/C(=C\c1ccc(O)c2ccccc12)CC[C@H]1OB(O)C[C@H]2C1=C(COC)C[C@H]1C(=O)N(C3CCN(Cc4ccccc4)CC3)C(=O)[C@H]12. The Hall–Kier alpha value is -3.76. The molecule has 262 valence electrons. The molecule has 3 aromatic carbocycles. The molecule has 4 aliphatic rings. The van der Waals surface area contributed by atoms with E-state index in [9.17, 15) is 19.7 Å². The third-order valence-corrected chi connectivity index (χ3v) is 11.4. The first kappa shape index (κ1) is 34.7. The van der Waals surface area contributed by atoms with E-state index >= 15 is 0 Å². The number of benzene rings is 3. The van der Waals surface area contributed by atoms with Crippen LogP contribution in [0.1, 0.15) is 63.0 Å². The lowest BCUT2D eigenvalue weighted by molar-refractivity contribution is -0.144. The summed E-state index contributed by atoms with van der Waals surface area (Å²) in [6.45, 7) is 5.10. The van der Waals surface area contributed by atoms with Crippen LogP contribution < -0.4 is 0 Å². The summed E-state index contributed by atoms with van der Waals surface area (Å²) in [7, 11) is 0.665. The Morgan fingerprint density at radius 3 is 2.44 bits per heavy atom. The van der Waals surface area contributed by atoms with Gasteiger partial charge in [-0.3, -0.25) is 19.4 Å². The van der Waals surface area contributed by atoms with Gasteiger partial charge in [-0.15, -0.1) is 0 Å². The van der Waals surface area contributed by atoms with Crippen LogP contribution in [0.2, 0.25) is 6.32 Å². The van der Waals surface area contributed by atoms with Crippen molar-refractivity contribution < 1.29 is 29.1 Å². The van der Waals surface area contributed by atoms with E-state index in [0.29, 0.717) is 25.8 Å². The van der Waals surface area contributed by atoms with Crippen LogP contribution in [-0.4, -0.2) is 77.8 Å². The summed E-state index contributed by atoms with van der Waals surface area (Å²) in [5.41, 5.74) is 5.70. The van der Waals surface area contributed by atoms with Crippen LogP contribution in [0.25, 0.3) is 16.8 Å². The number of piperidine rings is 1. The highest BCUT2D eigenvalue weighted by atomic mass is 16.5. The number of allylic oxidation sites excluding steroid dienone is 1. The zero-order chi connectivity index (χ0) is 34.8. The fourth-order valence-electron chi connectivity index (χ4n) is 9.19. The van der Waals surface area contributed by atoms with Crippen LogP contribution in [0.4, 0.5) is 0 Å². The third kappa shape index (κ3) is 6.93. The van der Waals surface area contributed by atoms with E-state index in [0.717, 1.165) is 79.2 Å². The van der Waals surface area contributed by atoms with E-state index in [1.165, 1.54) is 11.1 Å². The normalized spacial score (nSPS) is 25.1. The third-order valence-electron chi connectivity index (χ3n) is 11.4. The van der Waals surface area contributed by atoms with Gasteiger partial charge in [0.05, 0.1) is 24.5 Å². The summed E-state index contributed by atoms with van der Waals surface area (Å²) < 4.78 is 12.0. The summed E-state index contributed by atoms with van der Waals surface area (Å²) in [5.74, 6) is -1.01. The van der Waals surface area contributed by atoms with Crippen molar-refractivity contribution in [3.05, 3.63) is 94.6 Å². The van der Waals surface area contributed by atoms with Crippen LogP contribution in [0, 0.1) is 17.8 Å². The van der Waals surface area contributed by atoms with Crippen molar-refractivity contribution in [1.29, 1.82) is 0 Å². The van der Waals surface area contributed by atoms with E-state index in [2.05, 4.69) is 42.2 Å². The molecule has 3 saturated heterocycles. The number of nitrogens with zero attached hydrogens (tertiary/aromatic N) is 2. The standard InChI is InChI=1S/C41H49BN2O6/c1-3-9-27(22-29-15-16-36(45)33-13-8-7-12-32(29)33)14-17-37-38-30(26-49-2)23-34-39(35(38)24-42(48)50-37)41(47)44(40(34)46)31-18-20-43(21-19-31)25-28-10-5-4-6-11-28/h4-8,10-13,15-16,22,31,34-35,37,39,45,48H,3,9,14,17-21,23-26H2,1-2H3/b27-22+/t34-,35+,37-,39-/m1/s1. The average Bonchev–Trinajstić information content (AvgIpc) is 3.38. The minimum Gasteiger partial charge on any atom is -0.507 e. The van der Waals surface area contributed by atoms with Gasteiger partial charge in [0, 0.05) is 38.2 Å². The van der Waals surface area contributed by atoms with Crippen molar-refractivity contribution in [2.45, 2.75) is 76.9 Å². The second-order valence-corrected chi connectivity index (χ2v) is 14.6. The number of carbonyl (C=O) groups excluding carboxylic acids is 2. The van der Waals surface area contributed by atoms with Crippen LogP contribution in [0.5, 0.6) is 5.75 Å². The maximum atomic E-state index is 14.3. The molecular formula is C41H49BN2O6. The zero-order valence-electron chi connectivity index (χ0n) is 29.3. The molecule has 0 unspecified atom stereocenters. The van der Waals surface area contributed by atoms with Crippen LogP contribution in [0.3, 0.4) is 0 Å². The van der Waals surface area contributed by atoms with Crippen molar-refractivity contribution in [2.24, 2.45) is 17.8 Å². The Morgan fingerprint density at radius 1 is 0.960 bits per heavy atom. The summed E-state index contributed by atoms with van der Waals surface area (Å²) >= 11 is 0. The van der Waals surface area contributed by atoms with Crippen molar-refractivity contribution in [3.63, 3.8) is 0 Å². The van der Waals surface area contributed by atoms with E-state index in [-0.39, 0.29) is 35.6 Å². The lowest BCUT2D eigenvalue weighted by Gasteiger charge is -2.43. The van der Waals surface area contributed by atoms with Crippen LogP contribution in [-0.2, 0) is 25.5 Å². The number of imide groups is 1. The molecule has 0 bridgehead atoms. The number of ether oxygens (including phenoxy) is 1. The highest BCUT2D eigenvalue weighted by Crippen LogP contribution is 2.51. The minimum atomic E-state index is -1.01. The van der Waals surface area contributed by atoms with Gasteiger partial charge in [-0.1, -0.05) is 85.7 Å². The summed E-state index contributed by atoms with van der Waals surface area (Å²) in [6.07, 6.45) is 7.51. The lowest BCUT2D eigenvalue weighted by Crippen LogP contribution is -2.48. The van der Waals surface area contributed by atoms with E-state index in [1.807, 2.05) is 36.4 Å². The Balaban J connectivity index is 1.10. The molecule has 2 N–H and O–H groups in total. The fourth-order valence-corrected chi connectivity index (χ4v) is 9.19.